The summed E-state index contributed by atoms with van der Waals surface area (Å²) in [6.45, 7) is 0. The average Bonchev–Trinajstić information content (AvgIpc) is 2.95. The van der Waals surface area contributed by atoms with E-state index in [1.165, 1.54) is 6.21 Å². The molecule has 0 atom stereocenters. The van der Waals surface area contributed by atoms with Crippen molar-refractivity contribution in [1.29, 1.82) is 0 Å². The van der Waals surface area contributed by atoms with Gasteiger partial charge in [-0.15, -0.1) is 0 Å². The third-order valence-corrected chi connectivity index (χ3v) is 4.46. The molecule has 0 aliphatic heterocycles. The number of hydrazone groups is 1. The van der Waals surface area contributed by atoms with Crippen LogP contribution in [0.15, 0.2) is 23.3 Å². The van der Waals surface area contributed by atoms with Crippen LogP contribution in [0, 0.1) is 0 Å². The monoisotopic (exact) mass is 336 g/mol. The summed E-state index contributed by atoms with van der Waals surface area (Å²) in [6, 6.07) is 5.22. The van der Waals surface area contributed by atoms with Crippen molar-refractivity contribution in [2.45, 2.75) is 25.7 Å². The number of hydrogen-bond acceptors (Lipinski definition) is 3. The summed E-state index contributed by atoms with van der Waals surface area (Å²) in [6.07, 6.45) is 5.48. The Hall–Kier alpha value is -1.85. The zero-order chi connectivity index (χ0) is 15.5. The molecule has 1 amide bonds. The average molecular weight is 337 g/mol. The van der Waals surface area contributed by atoms with E-state index in [2.05, 4.69) is 20.7 Å². The smallest absolute Gasteiger partial charge is 0.281 e. The Labute approximate surface area is 137 Å². The Morgan fingerprint density at radius 1 is 1.32 bits per heavy atom. The van der Waals surface area contributed by atoms with Gasteiger partial charge in [0.2, 0.25) is 0 Å². The summed E-state index contributed by atoms with van der Waals surface area (Å²) in [5, 5.41) is 11.8. The molecule has 0 spiro atoms. The minimum atomic E-state index is -0.325. The van der Waals surface area contributed by atoms with E-state index in [1.807, 2.05) is 0 Å². The molecular weight excluding hydrogens is 323 g/mol. The first-order valence-corrected chi connectivity index (χ1v) is 7.76. The second kappa shape index (κ2) is 6.50. The Kier molecular flexibility index (Phi) is 4.45. The highest BCUT2D eigenvalue weighted by Gasteiger charge is 2.21. The number of halogens is 2. The van der Waals surface area contributed by atoms with Crippen molar-refractivity contribution in [2.24, 2.45) is 5.10 Å². The van der Waals surface area contributed by atoms with Crippen molar-refractivity contribution in [3.63, 3.8) is 0 Å². The van der Waals surface area contributed by atoms with Gasteiger partial charge in [-0.05, 0) is 31.7 Å². The molecule has 0 unspecified atom stereocenters. The van der Waals surface area contributed by atoms with Gasteiger partial charge < -0.3 is 0 Å². The molecule has 1 aromatic heterocycles. The number of hydrogen-bond donors (Lipinski definition) is 2. The summed E-state index contributed by atoms with van der Waals surface area (Å²) in [4.78, 5) is 12.2. The normalized spacial score (nSPS) is 14.1. The van der Waals surface area contributed by atoms with Crippen LogP contribution in [-0.2, 0) is 12.8 Å². The molecule has 1 heterocycles. The van der Waals surface area contributed by atoms with Gasteiger partial charge in [-0.3, -0.25) is 9.89 Å². The number of aryl methyl sites for hydroxylation is 1. The van der Waals surface area contributed by atoms with Crippen LogP contribution >= 0.6 is 23.2 Å². The maximum atomic E-state index is 12.2. The molecule has 2 aromatic rings. The second-order valence-corrected chi connectivity index (χ2v) is 5.86. The highest BCUT2D eigenvalue weighted by Crippen LogP contribution is 2.24. The number of fused-ring (bicyclic) bond motifs is 1. The topological polar surface area (TPSA) is 70.1 Å². The van der Waals surface area contributed by atoms with E-state index in [9.17, 15) is 4.79 Å². The minimum Gasteiger partial charge on any atom is -0.281 e. The van der Waals surface area contributed by atoms with Crippen LogP contribution in [0.1, 0.15) is 40.2 Å². The van der Waals surface area contributed by atoms with Crippen LogP contribution in [0.4, 0.5) is 0 Å². The molecule has 114 valence electrons. The molecule has 0 bridgehead atoms. The third kappa shape index (κ3) is 3.00. The van der Waals surface area contributed by atoms with E-state index in [0.717, 1.165) is 36.9 Å². The van der Waals surface area contributed by atoms with Crippen molar-refractivity contribution in [3.8, 4) is 0 Å². The molecule has 0 saturated carbocycles. The van der Waals surface area contributed by atoms with Crippen LogP contribution in [0.25, 0.3) is 0 Å². The molecule has 22 heavy (non-hydrogen) atoms. The lowest BCUT2D eigenvalue weighted by Gasteiger charge is -2.10. The van der Waals surface area contributed by atoms with E-state index in [-0.39, 0.29) is 5.91 Å². The first-order valence-electron chi connectivity index (χ1n) is 7.00. The lowest BCUT2D eigenvalue weighted by molar-refractivity contribution is 0.0949. The maximum absolute atomic E-state index is 12.2. The van der Waals surface area contributed by atoms with E-state index in [4.69, 9.17) is 23.2 Å². The van der Waals surface area contributed by atoms with Gasteiger partial charge in [0.05, 0.1) is 16.3 Å². The van der Waals surface area contributed by atoms with Crippen molar-refractivity contribution in [2.75, 3.05) is 0 Å². The van der Waals surface area contributed by atoms with Gasteiger partial charge in [-0.1, -0.05) is 35.3 Å². The molecule has 1 aliphatic carbocycles. The molecule has 1 aromatic carbocycles. The number of carbonyl (C=O) groups is 1. The Balaban J connectivity index is 1.71. The lowest BCUT2D eigenvalue weighted by Crippen LogP contribution is -2.20. The first-order chi connectivity index (χ1) is 10.7. The minimum absolute atomic E-state index is 0.325. The van der Waals surface area contributed by atoms with Crippen molar-refractivity contribution < 1.29 is 4.79 Å². The Bertz CT molecular complexity index is 739. The van der Waals surface area contributed by atoms with Crippen LogP contribution in [0.3, 0.4) is 0 Å². The molecular formula is C15H14Cl2N4O. The lowest BCUT2D eigenvalue weighted by atomic mass is 9.96. The molecule has 3 rings (SSSR count). The number of aromatic amines is 1. The number of H-pyrrole nitrogens is 1. The van der Waals surface area contributed by atoms with E-state index in [1.54, 1.807) is 18.2 Å². The number of amides is 1. The summed E-state index contributed by atoms with van der Waals surface area (Å²) < 4.78 is 0. The number of nitrogens with one attached hydrogen (secondary N) is 2. The molecule has 1 aliphatic rings. The molecule has 2 N–H and O–H groups in total. The van der Waals surface area contributed by atoms with Gasteiger partial charge in [-0.25, -0.2) is 5.43 Å². The van der Waals surface area contributed by atoms with Gasteiger partial charge in [-0.2, -0.15) is 10.2 Å². The van der Waals surface area contributed by atoms with Gasteiger partial charge in [0.1, 0.15) is 0 Å². The number of carbonyl (C=O) groups excluding carboxylic acids is 1. The zero-order valence-corrected chi connectivity index (χ0v) is 13.2. The van der Waals surface area contributed by atoms with Gasteiger partial charge in [0, 0.05) is 16.8 Å². The van der Waals surface area contributed by atoms with Crippen molar-refractivity contribution in [3.05, 3.63) is 50.8 Å². The molecule has 0 fully saturated rings. The summed E-state index contributed by atoms with van der Waals surface area (Å²) in [5.74, 6) is -0.325. The maximum Gasteiger partial charge on any atom is 0.292 e. The van der Waals surface area contributed by atoms with Gasteiger partial charge in [0.25, 0.3) is 5.91 Å². The van der Waals surface area contributed by atoms with E-state index < -0.39 is 0 Å². The van der Waals surface area contributed by atoms with E-state index in [0.29, 0.717) is 21.3 Å². The fourth-order valence-electron chi connectivity index (χ4n) is 2.50. The highest BCUT2D eigenvalue weighted by atomic mass is 35.5. The Morgan fingerprint density at radius 3 is 3.00 bits per heavy atom. The Morgan fingerprint density at radius 2 is 2.14 bits per heavy atom. The van der Waals surface area contributed by atoms with Crippen LogP contribution in [0.2, 0.25) is 10.0 Å². The van der Waals surface area contributed by atoms with Crippen molar-refractivity contribution in [1.82, 2.24) is 15.6 Å². The highest BCUT2D eigenvalue weighted by molar-refractivity contribution is 6.43. The summed E-state index contributed by atoms with van der Waals surface area (Å²) in [7, 11) is 0. The number of nitrogens with zero attached hydrogens (tertiary/aromatic N) is 2. The van der Waals surface area contributed by atoms with E-state index >= 15 is 0 Å². The summed E-state index contributed by atoms with van der Waals surface area (Å²) >= 11 is 12.0. The SMILES string of the molecule is O=C(N/N=C\c1cccc(Cl)c1Cl)c1n[nH]c2c1CCCC2. The van der Waals surface area contributed by atoms with Gasteiger partial charge >= 0.3 is 0 Å². The second-order valence-electron chi connectivity index (χ2n) is 5.08. The number of rotatable bonds is 3. The van der Waals surface area contributed by atoms with Crippen LogP contribution in [0.5, 0.6) is 0 Å². The fraction of sp³-hybridized carbons (Fsp3) is 0.267. The quantitative estimate of drug-likeness (QED) is 0.666. The zero-order valence-electron chi connectivity index (χ0n) is 11.7. The predicted molar refractivity (Wildman–Crippen MR) is 86.8 cm³/mol. The van der Waals surface area contributed by atoms with Gasteiger partial charge in [0.15, 0.2) is 5.69 Å². The van der Waals surface area contributed by atoms with Crippen LogP contribution in [-0.4, -0.2) is 22.3 Å². The van der Waals surface area contributed by atoms with Crippen molar-refractivity contribution >= 4 is 35.3 Å². The molecule has 7 heteroatoms. The summed E-state index contributed by atoms with van der Waals surface area (Å²) in [5.41, 5.74) is 5.59. The molecule has 0 radical (unpaired) electrons. The van der Waals surface area contributed by atoms with Crippen LogP contribution < -0.4 is 5.43 Å². The number of aromatic nitrogens is 2. The predicted octanol–water partition coefficient (Wildman–Crippen LogP) is 3.36. The fourth-order valence-corrected chi connectivity index (χ4v) is 2.86. The molecule has 0 saturated heterocycles. The first kappa shape index (κ1) is 15.1. The third-order valence-electron chi connectivity index (χ3n) is 3.62. The largest absolute Gasteiger partial charge is 0.292 e. The molecule has 5 nitrogen and oxygen atoms in total. The number of benzene rings is 1. The standard InChI is InChI=1S/C15H14Cl2N4O/c16-11-6-3-4-9(13(11)17)8-18-21-15(22)14-10-5-1-2-7-12(10)19-20-14/h3-4,6,8H,1-2,5,7H2,(H,19,20)(H,21,22)/b18-8-.